The third-order valence-corrected chi connectivity index (χ3v) is 5.98. The number of carboxylic acid groups (broad SMARTS) is 1. The van der Waals surface area contributed by atoms with Crippen molar-refractivity contribution in [1.29, 1.82) is 0 Å². The molecule has 6 heteroatoms. The van der Waals surface area contributed by atoms with Crippen molar-refractivity contribution in [3.8, 4) is 5.75 Å². The average Bonchev–Trinajstić information content (AvgIpc) is 2.76. The van der Waals surface area contributed by atoms with Gasteiger partial charge in [-0.1, -0.05) is 60.9 Å². The van der Waals surface area contributed by atoms with Crippen LogP contribution in [0.5, 0.6) is 5.75 Å². The van der Waals surface area contributed by atoms with Crippen LogP contribution >= 0.6 is 0 Å². The zero-order valence-electron chi connectivity index (χ0n) is 20.6. The van der Waals surface area contributed by atoms with Crippen LogP contribution in [0.2, 0.25) is 0 Å². The number of aliphatic carboxylic acids is 1. The molecule has 6 nitrogen and oxygen atoms in total. The Morgan fingerprint density at radius 2 is 1.71 bits per heavy atom. The molecule has 0 saturated carbocycles. The SMILES string of the molecule is CCCCOC(=O)C1=C(C)N=C(C)C(C(=O)O)C1c1ccccc1OCc1cc(C)cc(C)c1. The zero-order valence-corrected chi connectivity index (χ0v) is 20.6. The largest absolute Gasteiger partial charge is 0.489 e. The number of allylic oxidation sites excluding steroid dienone is 1. The minimum atomic E-state index is -1.04. The summed E-state index contributed by atoms with van der Waals surface area (Å²) >= 11 is 0. The standard InChI is InChI=1S/C28H33NO5/c1-6-7-12-33-28(32)25-20(5)29-19(4)24(27(30)31)26(25)22-10-8-9-11-23(22)34-16-21-14-17(2)13-18(3)15-21/h8-11,13-15,24,26H,6-7,12,16H2,1-5H3,(H,30,31). The summed E-state index contributed by atoms with van der Waals surface area (Å²) in [4.78, 5) is 29.9. The monoisotopic (exact) mass is 463 g/mol. The number of benzene rings is 2. The fourth-order valence-electron chi connectivity index (χ4n) is 4.53. The predicted molar refractivity (Wildman–Crippen MR) is 132 cm³/mol. The highest BCUT2D eigenvalue weighted by Crippen LogP contribution is 2.43. The van der Waals surface area contributed by atoms with Gasteiger partial charge in [0.2, 0.25) is 0 Å². The Kier molecular flexibility index (Phi) is 8.26. The van der Waals surface area contributed by atoms with Crippen LogP contribution in [0.25, 0.3) is 0 Å². The second-order valence-corrected chi connectivity index (χ2v) is 8.86. The molecule has 2 aromatic rings. The van der Waals surface area contributed by atoms with E-state index in [4.69, 9.17) is 9.47 Å². The van der Waals surface area contributed by atoms with Gasteiger partial charge in [-0.05, 0) is 45.7 Å². The molecule has 180 valence electrons. The van der Waals surface area contributed by atoms with E-state index in [0.29, 0.717) is 29.3 Å². The number of hydrogen-bond acceptors (Lipinski definition) is 5. The Bertz CT molecular complexity index is 1110. The van der Waals surface area contributed by atoms with Crippen molar-refractivity contribution in [2.75, 3.05) is 6.61 Å². The molecule has 1 aliphatic rings. The van der Waals surface area contributed by atoms with Crippen LogP contribution in [0.3, 0.4) is 0 Å². The van der Waals surface area contributed by atoms with E-state index in [9.17, 15) is 14.7 Å². The van der Waals surface area contributed by atoms with Gasteiger partial charge in [-0.3, -0.25) is 9.79 Å². The number of para-hydroxylation sites is 1. The van der Waals surface area contributed by atoms with Gasteiger partial charge in [0.15, 0.2) is 0 Å². The summed E-state index contributed by atoms with van der Waals surface area (Å²) in [5, 5.41) is 10.1. The molecule has 0 aliphatic carbocycles. The molecule has 1 N–H and O–H groups in total. The predicted octanol–water partition coefficient (Wildman–Crippen LogP) is 5.76. The van der Waals surface area contributed by atoms with E-state index in [1.807, 2.05) is 45.0 Å². The van der Waals surface area contributed by atoms with Gasteiger partial charge in [0.05, 0.1) is 12.2 Å². The van der Waals surface area contributed by atoms with E-state index < -0.39 is 23.8 Å². The summed E-state index contributed by atoms with van der Waals surface area (Å²) in [5.74, 6) is -2.79. The number of hydrogen-bond donors (Lipinski definition) is 1. The van der Waals surface area contributed by atoms with Crippen LogP contribution in [-0.2, 0) is 20.9 Å². The van der Waals surface area contributed by atoms with Gasteiger partial charge in [-0.25, -0.2) is 4.79 Å². The summed E-state index contributed by atoms with van der Waals surface area (Å²) in [7, 11) is 0. The first-order valence-corrected chi connectivity index (χ1v) is 11.7. The number of aliphatic imine (C=N–C) groups is 1. The smallest absolute Gasteiger partial charge is 0.336 e. The highest BCUT2D eigenvalue weighted by Gasteiger charge is 2.42. The summed E-state index contributed by atoms with van der Waals surface area (Å²) in [6.45, 7) is 10.1. The molecule has 0 aromatic heterocycles. The van der Waals surface area contributed by atoms with Crippen molar-refractivity contribution in [1.82, 2.24) is 0 Å². The fourth-order valence-corrected chi connectivity index (χ4v) is 4.53. The van der Waals surface area contributed by atoms with Gasteiger partial charge in [0.1, 0.15) is 18.3 Å². The van der Waals surface area contributed by atoms with Gasteiger partial charge in [-0.15, -0.1) is 0 Å². The first-order chi connectivity index (χ1) is 16.2. The van der Waals surface area contributed by atoms with Gasteiger partial charge in [0, 0.05) is 22.9 Å². The molecule has 1 aliphatic heterocycles. The van der Waals surface area contributed by atoms with E-state index >= 15 is 0 Å². The molecule has 0 spiro atoms. The summed E-state index contributed by atoms with van der Waals surface area (Å²) < 4.78 is 11.7. The summed E-state index contributed by atoms with van der Waals surface area (Å²) in [6, 6.07) is 13.5. The van der Waals surface area contributed by atoms with E-state index in [0.717, 1.165) is 29.5 Å². The van der Waals surface area contributed by atoms with Crippen LogP contribution in [-0.4, -0.2) is 29.4 Å². The number of esters is 1. The third-order valence-electron chi connectivity index (χ3n) is 5.98. The molecule has 0 bridgehead atoms. The zero-order chi connectivity index (χ0) is 24.8. The van der Waals surface area contributed by atoms with Crippen LogP contribution in [0.4, 0.5) is 0 Å². The number of carbonyl (C=O) groups excluding carboxylic acids is 1. The second kappa shape index (κ2) is 11.1. The van der Waals surface area contributed by atoms with Crippen molar-refractivity contribution in [2.24, 2.45) is 10.9 Å². The molecule has 0 amide bonds. The quantitative estimate of drug-likeness (QED) is 0.378. The van der Waals surface area contributed by atoms with Gasteiger partial charge in [-0.2, -0.15) is 0 Å². The van der Waals surface area contributed by atoms with Gasteiger partial charge < -0.3 is 14.6 Å². The normalized spacial score (nSPS) is 17.9. The molecule has 2 atom stereocenters. The van der Waals surface area contributed by atoms with E-state index in [2.05, 4.69) is 23.2 Å². The lowest BCUT2D eigenvalue weighted by Gasteiger charge is -2.31. The minimum absolute atomic E-state index is 0.275. The second-order valence-electron chi connectivity index (χ2n) is 8.86. The van der Waals surface area contributed by atoms with Crippen molar-refractivity contribution < 1.29 is 24.2 Å². The summed E-state index contributed by atoms with van der Waals surface area (Å²) in [6.07, 6.45) is 1.63. The number of unbranched alkanes of at least 4 members (excludes halogenated alkanes) is 1. The maximum atomic E-state index is 13.1. The lowest BCUT2D eigenvalue weighted by molar-refractivity contribution is -0.141. The Morgan fingerprint density at radius 1 is 1.03 bits per heavy atom. The Morgan fingerprint density at radius 3 is 2.35 bits per heavy atom. The first-order valence-electron chi connectivity index (χ1n) is 11.7. The molecule has 1 heterocycles. The molecule has 0 saturated heterocycles. The Hall–Kier alpha value is -3.41. The van der Waals surface area contributed by atoms with E-state index in [1.165, 1.54) is 0 Å². The topological polar surface area (TPSA) is 85.2 Å². The number of aryl methyl sites for hydroxylation is 2. The van der Waals surface area contributed by atoms with Crippen molar-refractivity contribution in [2.45, 2.75) is 60.0 Å². The Labute approximate surface area is 201 Å². The maximum absolute atomic E-state index is 13.1. The van der Waals surface area contributed by atoms with Gasteiger partial charge >= 0.3 is 11.9 Å². The fraction of sp³-hybridized carbons (Fsp3) is 0.393. The first kappa shape index (κ1) is 25.2. The number of carbonyl (C=O) groups is 2. The maximum Gasteiger partial charge on any atom is 0.336 e. The summed E-state index contributed by atoms with van der Waals surface area (Å²) in [5.41, 5.74) is 5.15. The molecule has 2 unspecified atom stereocenters. The number of rotatable bonds is 9. The minimum Gasteiger partial charge on any atom is -0.489 e. The van der Waals surface area contributed by atoms with Crippen LogP contribution in [0, 0.1) is 19.8 Å². The lowest BCUT2D eigenvalue weighted by Crippen LogP contribution is -2.35. The number of ether oxygens (including phenoxy) is 2. The molecule has 0 fully saturated rings. The average molecular weight is 464 g/mol. The lowest BCUT2D eigenvalue weighted by atomic mass is 9.75. The van der Waals surface area contributed by atoms with Crippen LogP contribution in [0.1, 0.15) is 61.8 Å². The van der Waals surface area contributed by atoms with E-state index in [1.54, 1.807) is 13.8 Å². The van der Waals surface area contributed by atoms with Crippen LogP contribution < -0.4 is 4.74 Å². The highest BCUT2D eigenvalue weighted by atomic mass is 16.5. The molecule has 0 radical (unpaired) electrons. The Balaban J connectivity index is 2.02. The molecular weight excluding hydrogens is 430 g/mol. The highest BCUT2D eigenvalue weighted by molar-refractivity contribution is 6.06. The van der Waals surface area contributed by atoms with Crippen molar-refractivity contribution in [3.63, 3.8) is 0 Å². The molecule has 34 heavy (non-hydrogen) atoms. The number of carboxylic acids is 1. The molecule has 2 aromatic carbocycles. The number of nitrogens with zero attached hydrogens (tertiary/aromatic N) is 1. The molecule has 3 rings (SSSR count). The third kappa shape index (κ3) is 5.74. The van der Waals surface area contributed by atoms with Crippen molar-refractivity contribution in [3.05, 3.63) is 76.0 Å². The van der Waals surface area contributed by atoms with Gasteiger partial charge in [0.25, 0.3) is 0 Å². The van der Waals surface area contributed by atoms with E-state index in [-0.39, 0.29) is 12.2 Å². The van der Waals surface area contributed by atoms with Crippen molar-refractivity contribution >= 4 is 17.7 Å². The molecular formula is C28H33NO5. The van der Waals surface area contributed by atoms with Crippen LogP contribution in [0.15, 0.2) is 58.7 Å².